The molecule has 144 valence electrons. The van der Waals surface area contributed by atoms with E-state index < -0.39 is 18.4 Å². The number of ether oxygens (including phenoxy) is 1. The number of amides is 1. The minimum absolute atomic E-state index is 0.345. The molecule has 2 heterocycles. The number of para-hydroxylation sites is 1. The quantitative estimate of drug-likeness (QED) is 0.518. The molecule has 0 radical (unpaired) electrons. The Kier molecular flexibility index (Phi) is 4.20. The van der Waals surface area contributed by atoms with Crippen molar-refractivity contribution < 1.29 is 13.9 Å². The molecule has 1 saturated heterocycles. The standard InChI is InChI=1S/C22H17FN4O2/c23-17-12-10-16(11-13-17)20-21(27-19-9-5-4-8-18(19)24-25-27)26(22(28)29-20)14-15-6-2-1-3-7-15/h1-13,20-21H,14H2/t20-,21-/m1/s1. The minimum atomic E-state index is -0.642. The van der Waals surface area contributed by atoms with E-state index in [0.29, 0.717) is 12.1 Å². The molecule has 1 aliphatic rings. The van der Waals surface area contributed by atoms with Gasteiger partial charge in [0.2, 0.25) is 0 Å². The van der Waals surface area contributed by atoms with Crippen LogP contribution in [0, 0.1) is 5.82 Å². The molecule has 1 aliphatic heterocycles. The van der Waals surface area contributed by atoms with Gasteiger partial charge in [-0.15, -0.1) is 5.10 Å². The number of rotatable bonds is 4. The first kappa shape index (κ1) is 17.4. The van der Waals surface area contributed by atoms with Crippen molar-refractivity contribution in [2.75, 3.05) is 0 Å². The van der Waals surface area contributed by atoms with Crippen LogP contribution in [0.25, 0.3) is 11.0 Å². The third kappa shape index (κ3) is 3.10. The summed E-state index contributed by atoms with van der Waals surface area (Å²) in [6.07, 6.45) is -1.65. The highest BCUT2D eigenvalue weighted by atomic mass is 19.1. The molecule has 0 aliphatic carbocycles. The lowest BCUT2D eigenvalue weighted by Gasteiger charge is -2.25. The van der Waals surface area contributed by atoms with Crippen molar-refractivity contribution in [3.05, 3.63) is 95.8 Å². The van der Waals surface area contributed by atoms with Crippen molar-refractivity contribution in [3.63, 3.8) is 0 Å². The van der Waals surface area contributed by atoms with Gasteiger partial charge < -0.3 is 4.74 Å². The highest BCUT2D eigenvalue weighted by Crippen LogP contribution is 2.41. The molecule has 0 N–H and O–H groups in total. The van der Waals surface area contributed by atoms with Crippen LogP contribution in [0.3, 0.4) is 0 Å². The maximum Gasteiger partial charge on any atom is 0.412 e. The number of carbonyl (C=O) groups excluding carboxylic acids is 1. The van der Waals surface area contributed by atoms with Crippen molar-refractivity contribution in [2.45, 2.75) is 18.8 Å². The fourth-order valence-electron chi connectivity index (χ4n) is 3.68. The van der Waals surface area contributed by atoms with Gasteiger partial charge >= 0.3 is 6.09 Å². The number of cyclic esters (lactones) is 1. The monoisotopic (exact) mass is 388 g/mol. The Bertz CT molecular complexity index is 1160. The van der Waals surface area contributed by atoms with E-state index in [0.717, 1.165) is 16.6 Å². The Labute approximate surface area is 166 Å². The molecule has 1 amide bonds. The summed E-state index contributed by atoms with van der Waals surface area (Å²) >= 11 is 0. The molecular weight excluding hydrogens is 371 g/mol. The van der Waals surface area contributed by atoms with Crippen molar-refractivity contribution in [3.8, 4) is 0 Å². The van der Waals surface area contributed by atoms with Crippen LogP contribution in [-0.2, 0) is 11.3 Å². The van der Waals surface area contributed by atoms with E-state index in [1.807, 2.05) is 54.6 Å². The largest absolute Gasteiger partial charge is 0.437 e. The average Bonchev–Trinajstić information content (AvgIpc) is 3.31. The highest BCUT2D eigenvalue weighted by Gasteiger charge is 2.45. The minimum Gasteiger partial charge on any atom is -0.437 e. The Morgan fingerprint density at radius 3 is 2.45 bits per heavy atom. The number of benzene rings is 3. The number of carbonyl (C=O) groups is 1. The summed E-state index contributed by atoms with van der Waals surface area (Å²) in [5.41, 5.74) is 3.18. The fraction of sp³-hybridized carbons (Fsp3) is 0.136. The van der Waals surface area contributed by atoms with Gasteiger partial charge in [-0.3, -0.25) is 4.90 Å². The van der Waals surface area contributed by atoms with E-state index >= 15 is 0 Å². The van der Waals surface area contributed by atoms with Crippen molar-refractivity contribution in [1.82, 2.24) is 19.9 Å². The lowest BCUT2D eigenvalue weighted by molar-refractivity contribution is 0.119. The molecule has 7 heteroatoms. The SMILES string of the molecule is O=C1O[C@H](c2ccc(F)cc2)[C@@H](n2nnc3ccccc32)N1Cc1ccccc1. The summed E-state index contributed by atoms with van der Waals surface area (Å²) < 4.78 is 20.9. The summed E-state index contributed by atoms with van der Waals surface area (Å²) in [5.74, 6) is -0.345. The van der Waals surface area contributed by atoms with E-state index in [1.54, 1.807) is 21.7 Å². The number of halogens is 1. The molecule has 0 spiro atoms. The van der Waals surface area contributed by atoms with Crippen molar-refractivity contribution in [2.24, 2.45) is 0 Å². The number of fused-ring (bicyclic) bond motifs is 1. The Balaban J connectivity index is 1.61. The Hall–Kier alpha value is -3.74. The lowest BCUT2D eigenvalue weighted by atomic mass is 10.1. The zero-order valence-electron chi connectivity index (χ0n) is 15.4. The van der Waals surface area contributed by atoms with E-state index in [2.05, 4.69) is 10.3 Å². The summed E-state index contributed by atoms with van der Waals surface area (Å²) in [7, 11) is 0. The van der Waals surface area contributed by atoms with Gasteiger partial charge in [0, 0.05) is 0 Å². The zero-order valence-corrected chi connectivity index (χ0v) is 15.4. The van der Waals surface area contributed by atoms with Gasteiger partial charge in [-0.25, -0.2) is 13.9 Å². The first-order chi connectivity index (χ1) is 14.2. The molecule has 29 heavy (non-hydrogen) atoms. The third-order valence-corrected chi connectivity index (χ3v) is 5.07. The second-order valence-corrected chi connectivity index (χ2v) is 6.91. The maximum atomic E-state index is 13.4. The number of hydrogen-bond acceptors (Lipinski definition) is 4. The van der Waals surface area contributed by atoms with Gasteiger partial charge in [-0.2, -0.15) is 0 Å². The zero-order chi connectivity index (χ0) is 19.8. The second-order valence-electron chi connectivity index (χ2n) is 6.91. The van der Waals surface area contributed by atoms with Crippen LogP contribution in [0.15, 0.2) is 78.9 Å². The molecular formula is C22H17FN4O2. The first-order valence-electron chi connectivity index (χ1n) is 9.27. The Morgan fingerprint density at radius 1 is 0.931 bits per heavy atom. The van der Waals surface area contributed by atoms with Crippen LogP contribution >= 0.6 is 0 Å². The van der Waals surface area contributed by atoms with E-state index in [-0.39, 0.29) is 5.82 Å². The summed E-state index contributed by atoms with van der Waals surface area (Å²) in [5, 5.41) is 8.55. The molecule has 5 rings (SSSR count). The van der Waals surface area contributed by atoms with Gasteiger partial charge in [0.25, 0.3) is 0 Å². The van der Waals surface area contributed by atoms with Crippen LogP contribution < -0.4 is 0 Å². The molecule has 0 bridgehead atoms. The van der Waals surface area contributed by atoms with Crippen LogP contribution in [0.1, 0.15) is 23.4 Å². The smallest absolute Gasteiger partial charge is 0.412 e. The molecule has 3 aromatic carbocycles. The molecule has 4 aromatic rings. The summed E-state index contributed by atoms with van der Waals surface area (Å²) in [6.45, 7) is 0.357. The van der Waals surface area contributed by atoms with Gasteiger partial charge in [0.05, 0.1) is 12.1 Å². The average molecular weight is 388 g/mol. The van der Waals surface area contributed by atoms with Crippen LogP contribution in [-0.4, -0.2) is 26.0 Å². The van der Waals surface area contributed by atoms with E-state index in [1.165, 1.54) is 12.1 Å². The van der Waals surface area contributed by atoms with Gasteiger partial charge in [0.1, 0.15) is 11.3 Å². The lowest BCUT2D eigenvalue weighted by Crippen LogP contribution is -2.32. The van der Waals surface area contributed by atoms with Crippen molar-refractivity contribution in [1.29, 1.82) is 0 Å². The molecule has 6 nitrogen and oxygen atoms in total. The van der Waals surface area contributed by atoms with Crippen LogP contribution in [0.5, 0.6) is 0 Å². The molecule has 1 fully saturated rings. The van der Waals surface area contributed by atoms with Crippen molar-refractivity contribution >= 4 is 17.1 Å². The molecule has 0 unspecified atom stereocenters. The first-order valence-corrected chi connectivity index (χ1v) is 9.27. The highest BCUT2D eigenvalue weighted by molar-refractivity contribution is 5.75. The Morgan fingerprint density at radius 2 is 1.66 bits per heavy atom. The van der Waals surface area contributed by atoms with Crippen LogP contribution in [0.4, 0.5) is 9.18 Å². The molecule has 1 aromatic heterocycles. The number of aromatic nitrogens is 3. The predicted octanol–water partition coefficient (Wildman–Crippen LogP) is 4.46. The molecule has 2 atom stereocenters. The maximum absolute atomic E-state index is 13.4. The van der Waals surface area contributed by atoms with Gasteiger partial charge in [-0.1, -0.05) is 59.8 Å². The normalized spacial score (nSPS) is 18.9. The van der Waals surface area contributed by atoms with Crippen LogP contribution in [0.2, 0.25) is 0 Å². The summed E-state index contributed by atoms with van der Waals surface area (Å²) in [6, 6.07) is 23.2. The van der Waals surface area contributed by atoms with Gasteiger partial charge in [0.15, 0.2) is 12.3 Å². The van der Waals surface area contributed by atoms with E-state index in [9.17, 15) is 9.18 Å². The number of hydrogen-bond donors (Lipinski definition) is 0. The molecule has 0 saturated carbocycles. The fourth-order valence-corrected chi connectivity index (χ4v) is 3.68. The van der Waals surface area contributed by atoms with E-state index in [4.69, 9.17) is 4.74 Å². The third-order valence-electron chi connectivity index (χ3n) is 5.07. The number of nitrogens with zero attached hydrogens (tertiary/aromatic N) is 4. The predicted molar refractivity (Wildman–Crippen MR) is 104 cm³/mol. The summed E-state index contributed by atoms with van der Waals surface area (Å²) in [4.78, 5) is 14.5. The van der Waals surface area contributed by atoms with Gasteiger partial charge in [-0.05, 0) is 35.4 Å². The second kappa shape index (κ2) is 7.01. The topological polar surface area (TPSA) is 60.3 Å².